The summed E-state index contributed by atoms with van der Waals surface area (Å²) in [6.07, 6.45) is 2.58. The van der Waals surface area contributed by atoms with E-state index in [1.165, 1.54) is 0 Å². The molecule has 0 radical (unpaired) electrons. The SMILES string of the molecule is Oc1ccccc1CCc1c(Cl)cccc1C1=NCCCN1. The second-order valence-corrected chi connectivity index (χ2v) is 5.81. The molecule has 3 nitrogen and oxygen atoms in total. The number of para-hydroxylation sites is 1. The molecule has 0 atom stereocenters. The summed E-state index contributed by atoms with van der Waals surface area (Å²) in [7, 11) is 0. The Morgan fingerprint density at radius 1 is 1.09 bits per heavy atom. The van der Waals surface area contributed by atoms with Crippen molar-refractivity contribution in [1.82, 2.24) is 5.32 Å². The molecule has 0 fully saturated rings. The quantitative estimate of drug-likeness (QED) is 0.906. The molecular weight excluding hydrogens is 296 g/mol. The maximum absolute atomic E-state index is 9.91. The van der Waals surface area contributed by atoms with Crippen molar-refractivity contribution in [3.8, 4) is 5.75 Å². The van der Waals surface area contributed by atoms with Crippen molar-refractivity contribution in [2.75, 3.05) is 13.1 Å². The summed E-state index contributed by atoms with van der Waals surface area (Å²) < 4.78 is 0. The smallest absolute Gasteiger partial charge is 0.128 e. The molecule has 0 aromatic heterocycles. The molecule has 0 spiro atoms. The van der Waals surface area contributed by atoms with E-state index in [1.54, 1.807) is 6.07 Å². The maximum atomic E-state index is 9.91. The molecule has 0 unspecified atom stereocenters. The van der Waals surface area contributed by atoms with Crippen LogP contribution in [0.5, 0.6) is 5.75 Å². The van der Waals surface area contributed by atoms with E-state index in [2.05, 4.69) is 16.4 Å². The van der Waals surface area contributed by atoms with Crippen molar-refractivity contribution in [2.24, 2.45) is 4.99 Å². The lowest BCUT2D eigenvalue weighted by atomic mass is 9.98. The minimum atomic E-state index is 0.337. The van der Waals surface area contributed by atoms with Gasteiger partial charge in [0.05, 0.1) is 0 Å². The summed E-state index contributed by atoms with van der Waals surface area (Å²) >= 11 is 6.41. The number of halogens is 1. The summed E-state index contributed by atoms with van der Waals surface area (Å²) in [6, 6.07) is 13.4. The van der Waals surface area contributed by atoms with E-state index in [0.717, 1.165) is 59.9 Å². The fourth-order valence-electron chi connectivity index (χ4n) is 2.73. The van der Waals surface area contributed by atoms with Crippen LogP contribution in [0.4, 0.5) is 0 Å². The zero-order valence-electron chi connectivity index (χ0n) is 12.3. The number of phenolic OH excluding ortho intramolecular Hbond substituents is 1. The van der Waals surface area contributed by atoms with Crippen LogP contribution in [0.2, 0.25) is 5.02 Å². The largest absolute Gasteiger partial charge is 0.508 e. The van der Waals surface area contributed by atoms with Gasteiger partial charge in [0, 0.05) is 23.7 Å². The third-order valence-corrected chi connectivity index (χ3v) is 4.26. The van der Waals surface area contributed by atoms with Crippen molar-refractivity contribution in [1.29, 1.82) is 0 Å². The predicted octanol–water partition coefficient (Wildman–Crippen LogP) is 3.57. The molecule has 22 heavy (non-hydrogen) atoms. The van der Waals surface area contributed by atoms with Crippen LogP contribution in [-0.4, -0.2) is 24.0 Å². The predicted molar refractivity (Wildman–Crippen MR) is 91.0 cm³/mol. The minimum absolute atomic E-state index is 0.337. The van der Waals surface area contributed by atoms with E-state index in [0.29, 0.717) is 5.75 Å². The number of hydrogen-bond acceptors (Lipinski definition) is 3. The highest BCUT2D eigenvalue weighted by Crippen LogP contribution is 2.25. The first kappa shape index (κ1) is 14.9. The van der Waals surface area contributed by atoms with E-state index in [9.17, 15) is 5.11 Å². The lowest BCUT2D eigenvalue weighted by Crippen LogP contribution is -2.31. The van der Waals surface area contributed by atoms with E-state index in [1.807, 2.05) is 30.3 Å². The molecular formula is C18H19ClN2O. The Morgan fingerprint density at radius 2 is 1.95 bits per heavy atom. The van der Waals surface area contributed by atoms with Gasteiger partial charge in [0.2, 0.25) is 0 Å². The molecule has 0 aliphatic carbocycles. The van der Waals surface area contributed by atoms with Crippen molar-refractivity contribution in [2.45, 2.75) is 19.3 Å². The van der Waals surface area contributed by atoms with Gasteiger partial charge in [-0.05, 0) is 42.5 Å². The Kier molecular flexibility index (Phi) is 4.64. The molecule has 2 N–H and O–H groups in total. The number of hydrogen-bond donors (Lipinski definition) is 2. The zero-order valence-corrected chi connectivity index (χ0v) is 13.1. The fourth-order valence-corrected chi connectivity index (χ4v) is 3.00. The van der Waals surface area contributed by atoms with Gasteiger partial charge in [-0.15, -0.1) is 0 Å². The number of nitrogens with one attached hydrogen (secondary N) is 1. The third-order valence-electron chi connectivity index (χ3n) is 3.91. The van der Waals surface area contributed by atoms with Crippen LogP contribution < -0.4 is 5.32 Å². The number of rotatable bonds is 4. The average Bonchev–Trinajstić information content (AvgIpc) is 2.56. The first-order chi connectivity index (χ1) is 10.8. The van der Waals surface area contributed by atoms with Crippen LogP contribution >= 0.6 is 11.6 Å². The highest BCUT2D eigenvalue weighted by molar-refractivity contribution is 6.32. The maximum Gasteiger partial charge on any atom is 0.128 e. The number of aliphatic imine (C=N–C) groups is 1. The van der Waals surface area contributed by atoms with E-state index >= 15 is 0 Å². The minimum Gasteiger partial charge on any atom is -0.508 e. The number of phenols is 1. The van der Waals surface area contributed by atoms with Crippen molar-refractivity contribution < 1.29 is 5.11 Å². The third kappa shape index (κ3) is 3.25. The molecule has 114 valence electrons. The molecule has 0 saturated carbocycles. The Hall–Kier alpha value is -2.00. The second kappa shape index (κ2) is 6.84. The van der Waals surface area contributed by atoms with Crippen molar-refractivity contribution in [3.63, 3.8) is 0 Å². The second-order valence-electron chi connectivity index (χ2n) is 5.41. The zero-order chi connectivity index (χ0) is 15.4. The standard InChI is InChI=1S/C18H19ClN2O/c19-16-7-3-6-15(18-20-11-4-12-21-18)14(16)10-9-13-5-1-2-8-17(13)22/h1-3,5-8,22H,4,9-12H2,(H,20,21). The van der Waals surface area contributed by atoms with Gasteiger partial charge in [0.1, 0.15) is 11.6 Å². The Balaban J connectivity index is 1.87. The van der Waals surface area contributed by atoms with Crippen LogP contribution in [0.15, 0.2) is 47.5 Å². The summed E-state index contributed by atoms with van der Waals surface area (Å²) in [5.41, 5.74) is 3.09. The van der Waals surface area contributed by atoms with Gasteiger partial charge in [-0.3, -0.25) is 4.99 Å². The van der Waals surface area contributed by atoms with Gasteiger partial charge in [-0.25, -0.2) is 0 Å². The Labute approximate surface area is 135 Å². The highest BCUT2D eigenvalue weighted by Gasteiger charge is 2.14. The van der Waals surface area contributed by atoms with Gasteiger partial charge >= 0.3 is 0 Å². The monoisotopic (exact) mass is 314 g/mol. The van der Waals surface area contributed by atoms with Gasteiger partial charge in [-0.1, -0.05) is 41.9 Å². The first-order valence-corrected chi connectivity index (χ1v) is 7.96. The van der Waals surface area contributed by atoms with E-state index in [4.69, 9.17) is 11.6 Å². The number of amidine groups is 1. The average molecular weight is 315 g/mol. The summed E-state index contributed by atoms with van der Waals surface area (Å²) in [4.78, 5) is 4.57. The van der Waals surface area contributed by atoms with Crippen LogP contribution in [0.1, 0.15) is 23.1 Å². The van der Waals surface area contributed by atoms with Crippen molar-refractivity contribution >= 4 is 17.4 Å². The lowest BCUT2D eigenvalue weighted by Gasteiger charge is -2.18. The molecule has 2 aromatic carbocycles. The topological polar surface area (TPSA) is 44.6 Å². The molecule has 1 heterocycles. The molecule has 3 rings (SSSR count). The number of nitrogens with zero attached hydrogens (tertiary/aromatic N) is 1. The van der Waals surface area contributed by atoms with Gasteiger partial charge < -0.3 is 10.4 Å². The molecule has 1 aliphatic heterocycles. The Morgan fingerprint density at radius 3 is 2.73 bits per heavy atom. The van der Waals surface area contributed by atoms with Crippen molar-refractivity contribution in [3.05, 3.63) is 64.2 Å². The lowest BCUT2D eigenvalue weighted by molar-refractivity contribution is 0.468. The first-order valence-electron chi connectivity index (χ1n) is 7.58. The van der Waals surface area contributed by atoms with Gasteiger partial charge in [0.25, 0.3) is 0 Å². The fraction of sp³-hybridized carbons (Fsp3) is 0.278. The summed E-state index contributed by atoms with van der Waals surface area (Å²) in [5.74, 6) is 1.27. The molecule has 0 amide bonds. The van der Waals surface area contributed by atoms with Gasteiger partial charge in [-0.2, -0.15) is 0 Å². The van der Waals surface area contributed by atoms with Gasteiger partial charge in [0.15, 0.2) is 0 Å². The molecule has 1 aliphatic rings. The molecule has 4 heteroatoms. The normalized spacial score (nSPS) is 14.3. The summed E-state index contributed by atoms with van der Waals surface area (Å²) in [5, 5.41) is 14.0. The number of aryl methyl sites for hydroxylation is 1. The molecule has 2 aromatic rings. The van der Waals surface area contributed by atoms with E-state index < -0.39 is 0 Å². The molecule has 0 saturated heterocycles. The van der Waals surface area contributed by atoms with Crippen LogP contribution in [0.3, 0.4) is 0 Å². The number of benzene rings is 2. The van der Waals surface area contributed by atoms with Crippen LogP contribution in [0.25, 0.3) is 0 Å². The van der Waals surface area contributed by atoms with E-state index in [-0.39, 0.29) is 0 Å². The number of aromatic hydroxyl groups is 1. The molecule has 0 bridgehead atoms. The highest BCUT2D eigenvalue weighted by atomic mass is 35.5. The van der Waals surface area contributed by atoms with Crippen LogP contribution in [0, 0.1) is 0 Å². The summed E-state index contributed by atoms with van der Waals surface area (Å²) in [6.45, 7) is 1.80. The Bertz CT molecular complexity index is 697. The van der Waals surface area contributed by atoms with Crippen LogP contribution in [-0.2, 0) is 12.8 Å².